The second-order valence-corrected chi connectivity index (χ2v) is 9.53. The molecule has 0 amide bonds. The van der Waals surface area contributed by atoms with Gasteiger partial charge in [-0.2, -0.15) is 13.7 Å². The molecular weight excluding hydrogens is 416 g/mol. The number of nitriles is 1. The fourth-order valence-corrected chi connectivity index (χ4v) is 4.55. The van der Waals surface area contributed by atoms with Crippen LogP contribution in [0.1, 0.15) is 42.9 Å². The van der Waals surface area contributed by atoms with Crippen LogP contribution in [0, 0.1) is 18.3 Å². The molecule has 0 saturated carbocycles. The summed E-state index contributed by atoms with van der Waals surface area (Å²) in [6.07, 6.45) is 4.35. The maximum atomic E-state index is 12.5. The van der Waals surface area contributed by atoms with Gasteiger partial charge >= 0.3 is 10.1 Å². The molecule has 1 aliphatic rings. The Morgan fingerprint density at radius 3 is 2.50 bits per heavy atom. The highest BCUT2D eigenvalue weighted by Crippen LogP contribution is 2.35. The molecule has 0 bridgehead atoms. The molecular formula is C23H22N2O3S2. The number of oxime groups is 1. The third-order valence-corrected chi connectivity index (χ3v) is 7.04. The van der Waals surface area contributed by atoms with Crippen molar-refractivity contribution in [2.45, 2.75) is 38.0 Å². The van der Waals surface area contributed by atoms with Crippen molar-refractivity contribution in [2.75, 3.05) is 0 Å². The highest BCUT2D eigenvalue weighted by molar-refractivity contribution is 8.18. The summed E-state index contributed by atoms with van der Waals surface area (Å²) in [7, 11) is -4.01. The Hall–Kier alpha value is -2.82. The van der Waals surface area contributed by atoms with Crippen molar-refractivity contribution < 1.29 is 12.7 Å². The Kier molecular flexibility index (Phi) is 6.80. The number of hydrogen-bond donors (Lipinski definition) is 0. The Balaban J connectivity index is 1.77. The van der Waals surface area contributed by atoms with E-state index in [1.165, 1.54) is 23.9 Å². The zero-order chi connectivity index (χ0) is 21.7. The molecule has 1 aliphatic heterocycles. The zero-order valence-corrected chi connectivity index (χ0v) is 18.6. The highest BCUT2D eigenvalue weighted by atomic mass is 32.2. The summed E-state index contributed by atoms with van der Waals surface area (Å²) in [6, 6.07) is 16.5. The van der Waals surface area contributed by atoms with Crippen LogP contribution in [0.4, 0.5) is 0 Å². The maximum absolute atomic E-state index is 12.5. The summed E-state index contributed by atoms with van der Waals surface area (Å²) < 4.78 is 29.8. The van der Waals surface area contributed by atoms with E-state index in [1.54, 1.807) is 24.3 Å². The Labute approximate surface area is 181 Å². The van der Waals surface area contributed by atoms with Crippen molar-refractivity contribution in [1.82, 2.24) is 0 Å². The minimum Gasteiger partial charge on any atom is -0.264 e. The number of rotatable bonds is 6. The minimum absolute atomic E-state index is 0.0549. The van der Waals surface area contributed by atoms with Gasteiger partial charge < -0.3 is 0 Å². The fourth-order valence-electron chi connectivity index (χ4n) is 2.94. The van der Waals surface area contributed by atoms with Crippen molar-refractivity contribution in [3.05, 3.63) is 82.3 Å². The molecule has 0 fully saturated rings. The van der Waals surface area contributed by atoms with Gasteiger partial charge in [0.05, 0.1) is 5.57 Å². The smallest absolute Gasteiger partial charge is 0.264 e. The molecule has 0 radical (unpaired) electrons. The van der Waals surface area contributed by atoms with Gasteiger partial charge in [-0.25, -0.2) is 0 Å². The molecule has 1 unspecified atom stereocenters. The molecule has 7 heteroatoms. The van der Waals surface area contributed by atoms with Gasteiger partial charge in [0, 0.05) is 4.91 Å². The van der Waals surface area contributed by atoms with E-state index in [2.05, 4.69) is 25.1 Å². The number of thioether (sulfide) groups is 1. The van der Waals surface area contributed by atoms with Crippen LogP contribution < -0.4 is 0 Å². The number of allylic oxidation sites excluding steroid dienone is 2. The largest absolute Gasteiger partial charge is 0.358 e. The van der Waals surface area contributed by atoms with Gasteiger partial charge in [-0.15, -0.1) is 0 Å². The molecule has 5 nitrogen and oxygen atoms in total. The summed E-state index contributed by atoms with van der Waals surface area (Å²) in [5.74, 6) is 0.357. The van der Waals surface area contributed by atoms with Crippen molar-refractivity contribution in [3.63, 3.8) is 0 Å². The van der Waals surface area contributed by atoms with E-state index in [9.17, 15) is 13.7 Å². The Morgan fingerprint density at radius 2 is 1.87 bits per heavy atom. The van der Waals surface area contributed by atoms with Gasteiger partial charge in [-0.05, 0) is 60.2 Å². The van der Waals surface area contributed by atoms with E-state index in [0.29, 0.717) is 21.4 Å². The van der Waals surface area contributed by atoms with Gasteiger partial charge in [0.1, 0.15) is 16.0 Å². The van der Waals surface area contributed by atoms with E-state index in [4.69, 9.17) is 4.28 Å². The third-order valence-electron chi connectivity index (χ3n) is 4.94. The number of hydrogen-bond acceptors (Lipinski definition) is 6. The van der Waals surface area contributed by atoms with Crippen LogP contribution in [-0.4, -0.2) is 13.5 Å². The first kappa shape index (κ1) is 21.9. The van der Waals surface area contributed by atoms with E-state index in [0.717, 1.165) is 23.1 Å². The van der Waals surface area contributed by atoms with Crippen LogP contribution in [0.5, 0.6) is 0 Å². The van der Waals surface area contributed by atoms with Crippen LogP contribution in [0.3, 0.4) is 0 Å². The molecule has 0 N–H and O–H groups in total. The van der Waals surface area contributed by atoms with Crippen LogP contribution in [0.2, 0.25) is 0 Å². The van der Waals surface area contributed by atoms with Gasteiger partial charge in [0.25, 0.3) is 0 Å². The van der Waals surface area contributed by atoms with Crippen molar-refractivity contribution in [2.24, 2.45) is 5.16 Å². The fraction of sp³-hybridized carbons (Fsp3) is 0.217. The lowest BCUT2D eigenvalue weighted by Crippen LogP contribution is -2.04. The Morgan fingerprint density at radius 1 is 1.17 bits per heavy atom. The number of nitrogens with zero attached hydrogens (tertiary/aromatic N) is 2. The van der Waals surface area contributed by atoms with Gasteiger partial charge in [0.15, 0.2) is 0 Å². The van der Waals surface area contributed by atoms with E-state index in [-0.39, 0.29) is 4.90 Å². The lowest BCUT2D eigenvalue weighted by Gasteiger charge is -2.09. The van der Waals surface area contributed by atoms with Crippen molar-refractivity contribution in [3.8, 4) is 6.07 Å². The quantitative estimate of drug-likeness (QED) is 0.423. The molecule has 0 aliphatic carbocycles. The zero-order valence-electron chi connectivity index (χ0n) is 17.0. The average Bonchev–Trinajstić information content (AvgIpc) is 3.22. The maximum Gasteiger partial charge on any atom is 0.358 e. The average molecular weight is 439 g/mol. The van der Waals surface area contributed by atoms with Gasteiger partial charge in [0.2, 0.25) is 0 Å². The number of aryl methyl sites for hydroxylation is 1. The molecule has 0 saturated heterocycles. The molecule has 30 heavy (non-hydrogen) atoms. The van der Waals surface area contributed by atoms with Crippen molar-refractivity contribution >= 4 is 32.5 Å². The predicted octanol–water partition coefficient (Wildman–Crippen LogP) is 5.77. The second-order valence-electron chi connectivity index (χ2n) is 6.94. The van der Waals surface area contributed by atoms with Crippen LogP contribution in [-0.2, 0) is 14.4 Å². The highest BCUT2D eigenvalue weighted by Gasteiger charge is 2.20. The molecule has 1 atom stereocenters. The standard InChI is InChI=1S/C23H22N2O3S2/c1-4-16(2)18-9-11-19(12-10-18)30(26,27)28-25-23-14-13-22(29-23)21(15-24)20-8-6-5-7-17(20)3/h5-14,16H,4H2,1-3H3. The second kappa shape index (κ2) is 9.33. The third kappa shape index (κ3) is 4.84. The molecule has 3 rings (SSSR count). The summed E-state index contributed by atoms with van der Waals surface area (Å²) in [6.45, 7) is 6.11. The Bertz CT molecular complexity index is 1170. The van der Waals surface area contributed by atoms with E-state index >= 15 is 0 Å². The number of benzene rings is 2. The minimum atomic E-state index is -4.01. The molecule has 2 aromatic rings. The first-order valence-corrected chi connectivity index (χ1v) is 11.8. The normalized spacial score (nSPS) is 17.6. The van der Waals surface area contributed by atoms with Gasteiger partial charge in [-0.3, -0.25) is 4.28 Å². The van der Waals surface area contributed by atoms with Gasteiger partial charge in [-0.1, -0.05) is 67.2 Å². The van der Waals surface area contributed by atoms with E-state index in [1.807, 2.05) is 31.2 Å². The molecule has 0 aromatic heterocycles. The van der Waals surface area contributed by atoms with Crippen LogP contribution >= 0.6 is 11.8 Å². The summed E-state index contributed by atoms with van der Waals surface area (Å²) in [5, 5.41) is 13.8. The van der Waals surface area contributed by atoms with Crippen molar-refractivity contribution in [1.29, 1.82) is 5.26 Å². The van der Waals surface area contributed by atoms with E-state index < -0.39 is 10.1 Å². The monoisotopic (exact) mass is 438 g/mol. The molecule has 0 spiro atoms. The molecule has 2 aromatic carbocycles. The SMILES string of the molecule is CCC(C)c1ccc(S(=O)(=O)ON=C2C=CC(=C(C#N)c3ccccc3C)S2)cc1. The van der Waals surface area contributed by atoms with Crippen LogP contribution in [0.25, 0.3) is 5.57 Å². The first-order valence-electron chi connectivity index (χ1n) is 9.53. The molecule has 1 heterocycles. The summed E-state index contributed by atoms with van der Waals surface area (Å²) >= 11 is 1.20. The summed E-state index contributed by atoms with van der Waals surface area (Å²) in [4.78, 5) is 0.753. The van der Waals surface area contributed by atoms with Crippen LogP contribution in [0.15, 0.2) is 75.6 Å². The molecule has 154 valence electrons. The first-order chi connectivity index (χ1) is 14.4. The lowest BCUT2D eigenvalue weighted by atomic mass is 9.99. The predicted molar refractivity (Wildman–Crippen MR) is 121 cm³/mol. The lowest BCUT2D eigenvalue weighted by molar-refractivity contribution is 0.340. The topological polar surface area (TPSA) is 79.5 Å². The summed E-state index contributed by atoms with van der Waals surface area (Å²) in [5.41, 5.74) is 3.42.